The van der Waals surface area contributed by atoms with Crippen molar-refractivity contribution in [2.24, 2.45) is 5.92 Å². The first kappa shape index (κ1) is 15.1. The number of esters is 1. The van der Waals surface area contributed by atoms with Crippen molar-refractivity contribution >= 4 is 27.3 Å². The molecule has 1 atom stereocenters. The fraction of sp³-hybridized carbons (Fsp3) is 0.545. The number of hydrogen-bond donors (Lipinski definition) is 1. The molecule has 1 N–H and O–H groups in total. The first-order valence-electron chi connectivity index (χ1n) is 5.50. The van der Waals surface area contributed by atoms with Crippen molar-refractivity contribution in [1.82, 2.24) is 4.72 Å². The lowest BCUT2D eigenvalue weighted by atomic mass is 10.1. The molecule has 0 fully saturated rings. The zero-order valence-corrected chi connectivity index (χ0v) is 12.2. The lowest BCUT2D eigenvalue weighted by Crippen LogP contribution is -2.42. The average molecular weight is 291 g/mol. The molecule has 1 unspecified atom stereocenters. The molecule has 0 saturated heterocycles. The fourth-order valence-electron chi connectivity index (χ4n) is 1.47. The second-order valence-corrected chi connectivity index (χ2v) is 7.15. The number of hydrogen-bond acceptors (Lipinski definition) is 5. The van der Waals surface area contributed by atoms with E-state index in [4.69, 9.17) is 0 Å². The number of methoxy groups -OCH3 is 1. The molecule has 0 spiro atoms. The minimum Gasteiger partial charge on any atom is -0.468 e. The van der Waals surface area contributed by atoms with Crippen molar-refractivity contribution in [3.05, 3.63) is 17.5 Å². The maximum absolute atomic E-state index is 12.0. The van der Waals surface area contributed by atoms with E-state index in [0.29, 0.717) is 6.42 Å². The van der Waals surface area contributed by atoms with Gasteiger partial charge in [0.15, 0.2) is 0 Å². The minimum absolute atomic E-state index is 0.181. The number of ether oxygens (including phenoxy) is 1. The Balaban J connectivity index is 2.86. The molecule has 7 heteroatoms. The molecule has 1 aromatic rings. The maximum atomic E-state index is 12.0. The molecule has 1 heterocycles. The van der Waals surface area contributed by atoms with Crippen LogP contribution < -0.4 is 4.72 Å². The molecule has 0 saturated carbocycles. The van der Waals surface area contributed by atoms with Crippen LogP contribution in [0.4, 0.5) is 0 Å². The van der Waals surface area contributed by atoms with Crippen molar-refractivity contribution in [1.29, 1.82) is 0 Å². The Kier molecular flexibility index (Phi) is 5.30. The third-order valence-corrected chi connectivity index (χ3v) is 5.12. The molecule has 0 aliphatic rings. The molecule has 5 nitrogen and oxygen atoms in total. The molecule has 0 aliphatic heterocycles. The number of nitrogens with one attached hydrogen (secondary N) is 1. The average Bonchev–Trinajstić information content (AvgIpc) is 2.80. The Labute approximate surface area is 111 Å². The van der Waals surface area contributed by atoms with Crippen LogP contribution >= 0.6 is 11.3 Å². The smallest absolute Gasteiger partial charge is 0.323 e. The van der Waals surface area contributed by atoms with Crippen molar-refractivity contribution in [2.75, 3.05) is 7.11 Å². The summed E-state index contributed by atoms with van der Waals surface area (Å²) in [7, 11) is -2.40. The summed E-state index contributed by atoms with van der Waals surface area (Å²) < 4.78 is 31.2. The molecular weight excluding hydrogens is 274 g/mol. The van der Waals surface area contributed by atoms with E-state index in [-0.39, 0.29) is 10.1 Å². The van der Waals surface area contributed by atoms with Gasteiger partial charge in [-0.1, -0.05) is 19.9 Å². The van der Waals surface area contributed by atoms with Gasteiger partial charge < -0.3 is 4.74 Å². The van der Waals surface area contributed by atoms with Crippen molar-refractivity contribution in [3.63, 3.8) is 0 Å². The Bertz CT molecular complexity index is 479. The summed E-state index contributed by atoms with van der Waals surface area (Å²) in [6.07, 6.45) is 0.400. The third-order valence-electron chi connectivity index (χ3n) is 2.25. The topological polar surface area (TPSA) is 72.5 Å². The number of thiophene rings is 1. The van der Waals surface area contributed by atoms with E-state index in [2.05, 4.69) is 9.46 Å². The van der Waals surface area contributed by atoms with Crippen LogP contribution in [0.3, 0.4) is 0 Å². The monoisotopic (exact) mass is 291 g/mol. The van der Waals surface area contributed by atoms with Crippen molar-refractivity contribution in [3.8, 4) is 0 Å². The Morgan fingerprint density at radius 2 is 2.17 bits per heavy atom. The number of rotatable bonds is 6. The van der Waals surface area contributed by atoms with Gasteiger partial charge in [0.05, 0.1) is 7.11 Å². The van der Waals surface area contributed by atoms with Gasteiger partial charge >= 0.3 is 5.97 Å². The van der Waals surface area contributed by atoms with E-state index in [1.165, 1.54) is 13.2 Å². The highest BCUT2D eigenvalue weighted by Crippen LogP contribution is 2.17. The predicted molar refractivity (Wildman–Crippen MR) is 69.9 cm³/mol. The van der Waals surface area contributed by atoms with Gasteiger partial charge in [0, 0.05) is 0 Å². The summed E-state index contributed by atoms with van der Waals surface area (Å²) in [5.74, 6) is -0.385. The van der Waals surface area contributed by atoms with Crippen LogP contribution in [-0.2, 0) is 19.6 Å². The molecule has 0 aliphatic carbocycles. The van der Waals surface area contributed by atoms with E-state index in [1.54, 1.807) is 11.4 Å². The molecule has 0 radical (unpaired) electrons. The van der Waals surface area contributed by atoms with Crippen LogP contribution in [0.15, 0.2) is 21.7 Å². The van der Waals surface area contributed by atoms with Gasteiger partial charge in [0.1, 0.15) is 10.3 Å². The van der Waals surface area contributed by atoms with Crippen LogP contribution in [-0.4, -0.2) is 27.5 Å². The lowest BCUT2D eigenvalue weighted by molar-refractivity contribution is -0.143. The summed E-state index contributed by atoms with van der Waals surface area (Å²) in [5, 5.41) is 1.67. The van der Waals surface area contributed by atoms with E-state index >= 15 is 0 Å². The minimum atomic E-state index is -3.65. The summed E-state index contributed by atoms with van der Waals surface area (Å²) in [6, 6.07) is 2.30. The van der Waals surface area contributed by atoms with Gasteiger partial charge in [-0.2, -0.15) is 4.72 Å². The highest BCUT2D eigenvalue weighted by atomic mass is 32.2. The van der Waals surface area contributed by atoms with Crippen LogP contribution in [0.5, 0.6) is 0 Å². The zero-order chi connectivity index (χ0) is 13.8. The number of carbonyl (C=O) groups excluding carboxylic acids is 1. The highest BCUT2D eigenvalue weighted by Gasteiger charge is 2.27. The van der Waals surface area contributed by atoms with E-state index in [9.17, 15) is 13.2 Å². The van der Waals surface area contributed by atoms with Crippen LogP contribution in [0.25, 0.3) is 0 Å². The largest absolute Gasteiger partial charge is 0.468 e. The van der Waals surface area contributed by atoms with Gasteiger partial charge in [-0.25, -0.2) is 8.42 Å². The first-order chi connectivity index (χ1) is 8.36. The molecule has 0 amide bonds. The standard InChI is InChI=1S/C11H17NO4S2/c1-8(2)7-9(11(13)16-3)12-18(14,15)10-5-4-6-17-10/h4-6,8-9,12H,7H2,1-3H3. The SMILES string of the molecule is COC(=O)C(CC(C)C)NS(=O)(=O)c1cccs1. The number of carbonyl (C=O) groups is 1. The second-order valence-electron chi connectivity index (χ2n) is 4.26. The summed E-state index contributed by atoms with van der Waals surface area (Å²) >= 11 is 1.11. The molecule has 0 aromatic carbocycles. The predicted octanol–water partition coefficient (Wildman–Crippen LogP) is 1.61. The Morgan fingerprint density at radius 1 is 1.50 bits per heavy atom. The third kappa shape index (κ3) is 4.08. The summed E-state index contributed by atoms with van der Waals surface area (Å²) in [4.78, 5) is 11.5. The fourth-order valence-corrected chi connectivity index (χ4v) is 3.67. The van der Waals surface area contributed by atoms with Crippen LogP contribution in [0.1, 0.15) is 20.3 Å². The molecule has 18 heavy (non-hydrogen) atoms. The zero-order valence-electron chi connectivity index (χ0n) is 10.5. The Morgan fingerprint density at radius 3 is 2.61 bits per heavy atom. The lowest BCUT2D eigenvalue weighted by Gasteiger charge is -2.17. The summed E-state index contributed by atoms with van der Waals surface area (Å²) in [5.41, 5.74) is 0. The van der Waals surface area contributed by atoms with Gasteiger partial charge in [-0.3, -0.25) is 4.79 Å². The quantitative estimate of drug-likeness (QED) is 0.808. The van der Waals surface area contributed by atoms with E-state index < -0.39 is 22.0 Å². The van der Waals surface area contributed by atoms with E-state index in [0.717, 1.165) is 11.3 Å². The van der Waals surface area contributed by atoms with Crippen LogP contribution in [0, 0.1) is 5.92 Å². The van der Waals surface area contributed by atoms with Gasteiger partial charge in [-0.15, -0.1) is 11.3 Å². The normalized spacial score (nSPS) is 13.6. The van der Waals surface area contributed by atoms with Crippen LogP contribution in [0.2, 0.25) is 0 Å². The Hall–Kier alpha value is -0.920. The second kappa shape index (κ2) is 6.31. The molecule has 1 rings (SSSR count). The first-order valence-corrected chi connectivity index (χ1v) is 7.86. The number of sulfonamides is 1. The summed E-state index contributed by atoms with van der Waals surface area (Å²) in [6.45, 7) is 3.82. The van der Waals surface area contributed by atoms with Gasteiger partial charge in [0.2, 0.25) is 0 Å². The molecule has 0 bridgehead atoms. The molecular formula is C11H17NO4S2. The van der Waals surface area contributed by atoms with E-state index in [1.807, 2.05) is 13.8 Å². The van der Waals surface area contributed by atoms with Gasteiger partial charge in [0.25, 0.3) is 10.0 Å². The molecule has 102 valence electrons. The highest BCUT2D eigenvalue weighted by molar-refractivity contribution is 7.91. The molecule has 1 aromatic heterocycles. The van der Waals surface area contributed by atoms with Crippen molar-refractivity contribution < 1.29 is 17.9 Å². The maximum Gasteiger partial charge on any atom is 0.323 e. The van der Waals surface area contributed by atoms with Crippen molar-refractivity contribution in [2.45, 2.75) is 30.5 Å². The van der Waals surface area contributed by atoms with Gasteiger partial charge in [-0.05, 0) is 23.8 Å².